The second kappa shape index (κ2) is 3.82. The molecule has 76 valence electrons. The molecule has 0 unspecified atom stereocenters. The van der Waals surface area contributed by atoms with E-state index in [1.807, 2.05) is 18.2 Å². The van der Waals surface area contributed by atoms with E-state index in [2.05, 4.69) is 4.74 Å². The summed E-state index contributed by atoms with van der Waals surface area (Å²) in [6, 6.07) is 7.43. The van der Waals surface area contributed by atoms with Gasteiger partial charge in [0.2, 0.25) is 0 Å². The summed E-state index contributed by atoms with van der Waals surface area (Å²) in [7, 11) is 1.37. The highest BCUT2D eigenvalue weighted by atomic mass is 32.1. The lowest BCUT2D eigenvalue weighted by molar-refractivity contribution is 0.0606. The van der Waals surface area contributed by atoms with Crippen LogP contribution in [0.2, 0.25) is 0 Å². The summed E-state index contributed by atoms with van der Waals surface area (Å²) in [6.07, 6.45) is 1.29. The van der Waals surface area contributed by atoms with E-state index >= 15 is 0 Å². The van der Waals surface area contributed by atoms with Gasteiger partial charge < -0.3 is 10.1 Å². The van der Waals surface area contributed by atoms with Crippen LogP contribution in [0.5, 0.6) is 0 Å². The van der Waals surface area contributed by atoms with Crippen LogP contribution in [0.1, 0.15) is 15.2 Å². The number of ether oxygens (including phenoxy) is 1. The van der Waals surface area contributed by atoms with Gasteiger partial charge >= 0.3 is 5.97 Å². The van der Waals surface area contributed by atoms with E-state index in [9.17, 15) is 4.79 Å². The van der Waals surface area contributed by atoms with Crippen LogP contribution in [0.4, 0.5) is 0 Å². The molecular formula is C11H9NO2S. The Hall–Kier alpha value is -1.68. The van der Waals surface area contributed by atoms with E-state index in [0.717, 1.165) is 15.6 Å². The number of nitrogens with one attached hydrogen (secondary N) is 1. The standard InChI is InChI=1S/C11H9NO2S/c1-14-11(13)10-5-8-4-7(6-12)2-3-9(8)15-10/h2-6,12H,1H3. The molecule has 1 N–H and O–H groups in total. The summed E-state index contributed by atoms with van der Waals surface area (Å²) in [5.74, 6) is -0.312. The van der Waals surface area contributed by atoms with Crippen molar-refractivity contribution in [1.82, 2.24) is 0 Å². The van der Waals surface area contributed by atoms with Crippen molar-refractivity contribution in [3.05, 3.63) is 34.7 Å². The van der Waals surface area contributed by atoms with Gasteiger partial charge in [0, 0.05) is 10.9 Å². The Morgan fingerprint density at radius 2 is 2.27 bits per heavy atom. The summed E-state index contributed by atoms with van der Waals surface area (Å²) >= 11 is 1.40. The van der Waals surface area contributed by atoms with Gasteiger partial charge in [-0.2, -0.15) is 0 Å². The third-order valence-electron chi connectivity index (χ3n) is 2.09. The van der Waals surface area contributed by atoms with Crippen LogP contribution < -0.4 is 0 Å². The second-order valence-corrected chi connectivity index (χ2v) is 4.13. The number of thiophene rings is 1. The lowest BCUT2D eigenvalue weighted by Gasteiger charge is -1.90. The molecule has 0 aliphatic carbocycles. The Morgan fingerprint density at radius 3 is 2.93 bits per heavy atom. The molecule has 0 aliphatic heterocycles. The maximum atomic E-state index is 11.3. The molecule has 1 heterocycles. The zero-order valence-corrected chi connectivity index (χ0v) is 8.93. The molecule has 2 aromatic rings. The summed E-state index contributed by atoms with van der Waals surface area (Å²) in [4.78, 5) is 11.9. The van der Waals surface area contributed by atoms with Crippen molar-refractivity contribution >= 4 is 33.6 Å². The number of hydrogen-bond donors (Lipinski definition) is 1. The Labute approximate surface area is 90.8 Å². The van der Waals surface area contributed by atoms with Crippen LogP contribution in [0.25, 0.3) is 10.1 Å². The van der Waals surface area contributed by atoms with Crippen LogP contribution in [-0.4, -0.2) is 19.3 Å². The molecule has 2 rings (SSSR count). The van der Waals surface area contributed by atoms with E-state index in [0.29, 0.717) is 4.88 Å². The fraction of sp³-hybridized carbons (Fsp3) is 0.0909. The molecule has 0 amide bonds. The van der Waals surface area contributed by atoms with Crippen molar-refractivity contribution in [2.45, 2.75) is 0 Å². The number of carbonyl (C=O) groups is 1. The summed E-state index contributed by atoms with van der Waals surface area (Å²) < 4.78 is 5.68. The number of benzene rings is 1. The number of methoxy groups -OCH3 is 1. The lowest BCUT2D eigenvalue weighted by atomic mass is 10.2. The van der Waals surface area contributed by atoms with E-state index in [-0.39, 0.29) is 5.97 Å². The number of hydrogen-bond acceptors (Lipinski definition) is 4. The molecule has 0 aliphatic rings. The Kier molecular flexibility index (Phi) is 2.51. The van der Waals surface area contributed by atoms with Gasteiger partial charge in [-0.05, 0) is 29.1 Å². The Balaban J connectivity index is 2.55. The van der Waals surface area contributed by atoms with Crippen molar-refractivity contribution in [3.63, 3.8) is 0 Å². The summed E-state index contributed by atoms with van der Waals surface area (Å²) in [5.41, 5.74) is 0.830. The predicted octanol–water partition coefficient (Wildman–Crippen LogP) is 2.69. The molecule has 0 saturated heterocycles. The monoisotopic (exact) mass is 219 g/mol. The molecule has 0 saturated carbocycles. The van der Waals surface area contributed by atoms with Gasteiger partial charge in [-0.25, -0.2) is 4.79 Å². The number of fused-ring (bicyclic) bond motifs is 1. The average molecular weight is 219 g/mol. The first kappa shape index (κ1) is 9.86. The quantitative estimate of drug-likeness (QED) is 0.623. The fourth-order valence-electron chi connectivity index (χ4n) is 1.35. The Morgan fingerprint density at radius 1 is 1.47 bits per heavy atom. The highest BCUT2D eigenvalue weighted by Gasteiger charge is 2.09. The van der Waals surface area contributed by atoms with E-state index < -0.39 is 0 Å². The molecule has 0 spiro atoms. The topological polar surface area (TPSA) is 50.2 Å². The fourth-order valence-corrected chi connectivity index (χ4v) is 2.31. The van der Waals surface area contributed by atoms with Crippen LogP contribution in [0, 0.1) is 5.41 Å². The zero-order chi connectivity index (χ0) is 10.8. The van der Waals surface area contributed by atoms with E-state index in [1.165, 1.54) is 24.7 Å². The maximum Gasteiger partial charge on any atom is 0.348 e. The number of carbonyl (C=O) groups excluding carboxylic acids is 1. The third kappa shape index (κ3) is 1.76. The third-order valence-corrected chi connectivity index (χ3v) is 3.19. The molecule has 0 radical (unpaired) electrons. The predicted molar refractivity (Wildman–Crippen MR) is 61.1 cm³/mol. The lowest BCUT2D eigenvalue weighted by Crippen LogP contribution is -1.96. The molecule has 15 heavy (non-hydrogen) atoms. The van der Waals surface area contributed by atoms with Crippen molar-refractivity contribution in [3.8, 4) is 0 Å². The molecule has 4 heteroatoms. The molecule has 0 fully saturated rings. The van der Waals surface area contributed by atoms with Gasteiger partial charge in [0.25, 0.3) is 0 Å². The normalized spacial score (nSPS) is 10.2. The molecule has 1 aromatic carbocycles. The van der Waals surface area contributed by atoms with Crippen molar-refractivity contribution in [2.75, 3.05) is 7.11 Å². The summed E-state index contributed by atoms with van der Waals surface area (Å²) in [5, 5.41) is 8.11. The van der Waals surface area contributed by atoms with Gasteiger partial charge in [0.15, 0.2) is 0 Å². The largest absolute Gasteiger partial charge is 0.465 e. The van der Waals surface area contributed by atoms with Crippen LogP contribution in [0.15, 0.2) is 24.3 Å². The molecule has 0 bridgehead atoms. The molecule has 1 aromatic heterocycles. The van der Waals surface area contributed by atoms with Crippen LogP contribution >= 0.6 is 11.3 Å². The van der Waals surface area contributed by atoms with Gasteiger partial charge in [-0.15, -0.1) is 11.3 Å². The van der Waals surface area contributed by atoms with E-state index in [1.54, 1.807) is 6.07 Å². The smallest absolute Gasteiger partial charge is 0.348 e. The minimum atomic E-state index is -0.312. The minimum Gasteiger partial charge on any atom is -0.465 e. The van der Waals surface area contributed by atoms with Gasteiger partial charge in [-0.3, -0.25) is 0 Å². The van der Waals surface area contributed by atoms with Crippen molar-refractivity contribution in [2.24, 2.45) is 0 Å². The maximum absolute atomic E-state index is 11.3. The SMILES string of the molecule is COC(=O)c1cc2cc(C=N)ccc2s1. The average Bonchev–Trinajstić information content (AvgIpc) is 2.70. The first-order valence-electron chi connectivity index (χ1n) is 4.37. The molecule has 3 nitrogen and oxygen atoms in total. The van der Waals surface area contributed by atoms with Crippen molar-refractivity contribution in [1.29, 1.82) is 5.41 Å². The highest BCUT2D eigenvalue weighted by Crippen LogP contribution is 2.26. The summed E-state index contributed by atoms with van der Waals surface area (Å²) in [6.45, 7) is 0. The number of rotatable bonds is 2. The van der Waals surface area contributed by atoms with Crippen LogP contribution in [-0.2, 0) is 4.74 Å². The minimum absolute atomic E-state index is 0.312. The Bertz CT molecular complexity index is 530. The van der Waals surface area contributed by atoms with Crippen LogP contribution in [0.3, 0.4) is 0 Å². The van der Waals surface area contributed by atoms with E-state index in [4.69, 9.17) is 5.41 Å². The van der Waals surface area contributed by atoms with Gasteiger partial charge in [0.05, 0.1) is 7.11 Å². The first-order valence-corrected chi connectivity index (χ1v) is 5.18. The first-order chi connectivity index (χ1) is 7.24. The van der Waals surface area contributed by atoms with Gasteiger partial charge in [-0.1, -0.05) is 6.07 Å². The molecular weight excluding hydrogens is 210 g/mol. The number of esters is 1. The second-order valence-electron chi connectivity index (χ2n) is 3.04. The molecule has 0 atom stereocenters. The van der Waals surface area contributed by atoms with Crippen molar-refractivity contribution < 1.29 is 9.53 Å². The highest BCUT2D eigenvalue weighted by molar-refractivity contribution is 7.20. The van der Waals surface area contributed by atoms with Gasteiger partial charge in [0.1, 0.15) is 4.88 Å². The zero-order valence-electron chi connectivity index (χ0n) is 8.11.